The normalized spacial score (nSPS) is 12.5. The fourth-order valence-electron chi connectivity index (χ4n) is 1.68. The Bertz CT molecular complexity index is 563. The van der Waals surface area contributed by atoms with Gasteiger partial charge < -0.3 is 10.5 Å². The van der Waals surface area contributed by atoms with Crippen LogP contribution in [0.1, 0.15) is 24.2 Å². The first-order chi connectivity index (χ1) is 8.47. The molecule has 4 nitrogen and oxygen atoms in total. The van der Waals surface area contributed by atoms with Crippen LogP contribution in [0.2, 0.25) is 0 Å². The van der Waals surface area contributed by atoms with Gasteiger partial charge in [0, 0.05) is 19.2 Å². The van der Waals surface area contributed by atoms with Crippen LogP contribution < -0.4 is 10.5 Å². The Morgan fingerprint density at radius 3 is 2.61 bits per heavy atom. The van der Waals surface area contributed by atoms with Gasteiger partial charge in [-0.2, -0.15) is 5.10 Å². The fourth-order valence-corrected chi connectivity index (χ4v) is 1.68. The van der Waals surface area contributed by atoms with Gasteiger partial charge in [0.1, 0.15) is 0 Å². The molecule has 1 aromatic carbocycles. The summed E-state index contributed by atoms with van der Waals surface area (Å²) in [4.78, 5) is 0. The number of rotatable bonds is 3. The lowest BCUT2D eigenvalue weighted by atomic mass is 10.1. The van der Waals surface area contributed by atoms with Crippen LogP contribution in [-0.2, 0) is 7.05 Å². The number of hydrogen-bond donors (Lipinski definition) is 1. The Labute approximate surface area is 105 Å². The molecule has 0 bridgehead atoms. The maximum absolute atomic E-state index is 13.8. The van der Waals surface area contributed by atoms with Crippen LogP contribution in [0.3, 0.4) is 0 Å². The van der Waals surface area contributed by atoms with Crippen LogP contribution in [0.4, 0.5) is 4.39 Å². The number of nitrogens with zero attached hydrogens (tertiary/aromatic N) is 2. The van der Waals surface area contributed by atoms with Crippen LogP contribution in [0, 0.1) is 12.7 Å². The molecule has 0 aliphatic rings. The second kappa shape index (κ2) is 4.78. The largest absolute Gasteiger partial charge is 0.436 e. The van der Waals surface area contributed by atoms with E-state index in [0.717, 1.165) is 11.3 Å². The zero-order valence-electron chi connectivity index (χ0n) is 10.6. The van der Waals surface area contributed by atoms with Gasteiger partial charge in [0.15, 0.2) is 11.6 Å². The number of aromatic nitrogens is 2. The molecule has 2 rings (SSSR count). The minimum atomic E-state index is -0.427. The van der Waals surface area contributed by atoms with Crippen LogP contribution in [0.25, 0.3) is 0 Å². The van der Waals surface area contributed by atoms with Crippen LogP contribution in [0.5, 0.6) is 11.6 Å². The minimum Gasteiger partial charge on any atom is -0.436 e. The maximum atomic E-state index is 13.8. The van der Waals surface area contributed by atoms with Gasteiger partial charge in [0.2, 0.25) is 5.88 Å². The highest BCUT2D eigenvalue weighted by atomic mass is 19.1. The van der Waals surface area contributed by atoms with E-state index in [2.05, 4.69) is 5.10 Å². The molecule has 5 heteroatoms. The molecule has 96 valence electrons. The maximum Gasteiger partial charge on any atom is 0.217 e. The first-order valence-corrected chi connectivity index (χ1v) is 5.71. The quantitative estimate of drug-likeness (QED) is 0.909. The molecule has 2 N–H and O–H groups in total. The van der Waals surface area contributed by atoms with Crippen molar-refractivity contribution in [3.8, 4) is 11.6 Å². The summed E-state index contributed by atoms with van der Waals surface area (Å²) in [6, 6.07) is 6.28. The summed E-state index contributed by atoms with van der Waals surface area (Å²) >= 11 is 0. The predicted octanol–water partition coefficient (Wildman–Crippen LogP) is 2.68. The molecule has 0 saturated carbocycles. The zero-order valence-corrected chi connectivity index (χ0v) is 10.6. The van der Waals surface area contributed by atoms with Crippen molar-refractivity contribution < 1.29 is 9.13 Å². The van der Waals surface area contributed by atoms with Crippen LogP contribution in [-0.4, -0.2) is 9.78 Å². The highest BCUT2D eigenvalue weighted by Gasteiger charge is 2.10. The summed E-state index contributed by atoms with van der Waals surface area (Å²) in [5.74, 6) is 0.242. The van der Waals surface area contributed by atoms with E-state index in [9.17, 15) is 4.39 Å². The Morgan fingerprint density at radius 2 is 2.11 bits per heavy atom. The monoisotopic (exact) mass is 249 g/mol. The highest BCUT2D eigenvalue weighted by molar-refractivity contribution is 5.33. The van der Waals surface area contributed by atoms with E-state index in [1.54, 1.807) is 36.9 Å². The molecule has 0 spiro atoms. The third kappa shape index (κ3) is 2.51. The first-order valence-electron chi connectivity index (χ1n) is 5.71. The number of nitrogens with two attached hydrogens (primary N) is 1. The van der Waals surface area contributed by atoms with Crippen molar-refractivity contribution in [1.29, 1.82) is 0 Å². The second-order valence-corrected chi connectivity index (χ2v) is 4.33. The highest BCUT2D eigenvalue weighted by Crippen LogP contribution is 2.26. The van der Waals surface area contributed by atoms with Crippen molar-refractivity contribution in [3.63, 3.8) is 0 Å². The van der Waals surface area contributed by atoms with E-state index < -0.39 is 5.82 Å². The van der Waals surface area contributed by atoms with Crippen molar-refractivity contribution in [1.82, 2.24) is 9.78 Å². The lowest BCUT2D eigenvalue weighted by Crippen LogP contribution is -2.05. The Morgan fingerprint density at radius 1 is 1.39 bits per heavy atom. The second-order valence-electron chi connectivity index (χ2n) is 4.33. The van der Waals surface area contributed by atoms with Crippen molar-refractivity contribution in [2.45, 2.75) is 19.9 Å². The van der Waals surface area contributed by atoms with Crippen molar-refractivity contribution in [2.24, 2.45) is 12.8 Å². The Balaban J connectivity index is 2.27. The van der Waals surface area contributed by atoms with Crippen molar-refractivity contribution in [3.05, 3.63) is 41.3 Å². The average molecular weight is 249 g/mol. The summed E-state index contributed by atoms with van der Waals surface area (Å²) in [7, 11) is 1.75. The Kier molecular flexibility index (Phi) is 3.34. The third-order valence-electron chi connectivity index (χ3n) is 2.66. The topological polar surface area (TPSA) is 53.1 Å². The molecule has 0 radical (unpaired) electrons. The summed E-state index contributed by atoms with van der Waals surface area (Å²) in [6.45, 7) is 3.65. The van der Waals surface area contributed by atoms with Crippen molar-refractivity contribution >= 4 is 0 Å². The first kappa shape index (κ1) is 12.6. The van der Waals surface area contributed by atoms with Crippen LogP contribution >= 0.6 is 0 Å². The molecule has 0 amide bonds. The minimum absolute atomic E-state index is 0.169. The van der Waals surface area contributed by atoms with Gasteiger partial charge in [-0.1, -0.05) is 6.07 Å². The van der Waals surface area contributed by atoms with E-state index in [4.69, 9.17) is 10.5 Å². The number of aryl methyl sites for hydroxylation is 2. The number of benzene rings is 1. The SMILES string of the molecule is Cc1cc(Oc2ccc(C(C)N)cc2F)n(C)n1. The average Bonchev–Trinajstić information content (AvgIpc) is 2.60. The van der Waals surface area contributed by atoms with E-state index >= 15 is 0 Å². The van der Waals surface area contributed by atoms with Gasteiger partial charge in [-0.25, -0.2) is 9.07 Å². The molecular weight excluding hydrogens is 233 g/mol. The summed E-state index contributed by atoms with van der Waals surface area (Å²) < 4.78 is 20.9. The predicted molar refractivity (Wildman–Crippen MR) is 67.0 cm³/mol. The molecule has 0 saturated heterocycles. The molecule has 0 aliphatic carbocycles. The van der Waals surface area contributed by atoms with Gasteiger partial charge in [-0.3, -0.25) is 0 Å². The van der Waals surface area contributed by atoms with Gasteiger partial charge in [-0.05, 0) is 31.5 Å². The molecule has 1 unspecified atom stereocenters. The molecule has 2 aromatic rings. The van der Waals surface area contributed by atoms with Gasteiger partial charge in [-0.15, -0.1) is 0 Å². The van der Waals surface area contributed by atoms with Crippen molar-refractivity contribution in [2.75, 3.05) is 0 Å². The van der Waals surface area contributed by atoms with Gasteiger partial charge >= 0.3 is 0 Å². The molecule has 18 heavy (non-hydrogen) atoms. The summed E-state index contributed by atoms with van der Waals surface area (Å²) in [6.07, 6.45) is 0. The lowest BCUT2D eigenvalue weighted by Gasteiger charge is -2.09. The van der Waals surface area contributed by atoms with Crippen LogP contribution in [0.15, 0.2) is 24.3 Å². The Hall–Kier alpha value is -1.88. The van der Waals surface area contributed by atoms with Gasteiger partial charge in [0.25, 0.3) is 0 Å². The lowest BCUT2D eigenvalue weighted by molar-refractivity contribution is 0.403. The third-order valence-corrected chi connectivity index (χ3v) is 2.66. The molecular formula is C13H16FN3O. The standard InChI is InChI=1S/C13H16FN3O/c1-8-6-13(17(3)16-8)18-12-5-4-10(9(2)15)7-11(12)14/h4-7,9H,15H2,1-3H3. The zero-order chi connectivity index (χ0) is 13.3. The summed E-state index contributed by atoms with van der Waals surface area (Å²) in [5.41, 5.74) is 7.25. The summed E-state index contributed by atoms with van der Waals surface area (Å²) in [5, 5.41) is 4.13. The molecule has 1 aromatic heterocycles. The number of hydrogen-bond acceptors (Lipinski definition) is 3. The van der Waals surface area contributed by atoms with E-state index in [1.807, 2.05) is 6.92 Å². The van der Waals surface area contributed by atoms with E-state index in [0.29, 0.717) is 5.88 Å². The van der Waals surface area contributed by atoms with Gasteiger partial charge in [0.05, 0.1) is 5.69 Å². The van der Waals surface area contributed by atoms with E-state index in [1.165, 1.54) is 6.07 Å². The smallest absolute Gasteiger partial charge is 0.217 e. The van der Waals surface area contributed by atoms with E-state index in [-0.39, 0.29) is 11.8 Å². The molecule has 1 heterocycles. The number of halogens is 1. The molecule has 1 atom stereocenters. The fraction of sp³-hybridized carbons (Fsp3) is 0.308. The molecule has 0 fully saturated rings. The number of ether oxygens (including phenoxy) is 1. The molecule has 0 aliphatic heterocycles.